The van der Waals surface area contributed by atoms with Crippen LogP contribution in [0.2, 0.25) is 5.02 Å². The molecule has 2 heterocycles. The molecule has 2 aromatic carbocycles. The van der Waals surface area contributed by atoms with Crippen LogP contribution < -0.4 is 0 Å². The summed E-state index contributed by atoms with van der Waals surface area (Å²) in [5.74, 6) is -0.140. The number of aromatic nitrogens is 1. The van der Waals surface area contributed by atoms with E-state index in [1.165, 1.54) is 10.4 Å². The fourth-order valence-electron chi connectivity index (χ4n) is 3.40. The Hall–Kier alpha value is -2.45. The molecule has 1 saturated heterocycles. The van der Waals surface area contributed by atoms with Gasteiger partial charge >= 0.3 is 0 Å². The van der Waals surface area contributed by atoms with E-state index in [1.54, 1.807) is 59.8 Å². The Morgan fingerprint density at radius 3 is 2.42 bits per heavy atom. The molecule has 1 fully saturated rings. The van der Waals surface area contributed by atoms with Gasteiger partial charge in [-0.1, -0.05) is 29.8 Å². The number of halogens is 2. The molecule has 0 spiro atoms. The molecule has 0 radical (unpaired) electrons. The third-order valence-electron chi connectivity index (χ3n) is 5.06. The number of benzene rings is 2. The van der Waals surface area contributed by atoms with E-state index in [0.29, 0.717) is 18.1 Å². The minimum atomic E-state index is -3.63. The first kappa shape index (κ1) is 23.2. The Labute approximate surface area is 192 Å². The van der Waals surface area contributed by atoms with Gasteiger partial charge in [0, 0.05) is 49.7 Å². The summed E-state index contributed by atoms with van der Waals surface area (Å²) in [5.41, 5.74) is 0.838. The first-order valence-corrected chi connectivity index (χ1v) is 11.3. The van der Waals surface area contributed by atoms with E-state index in [-0.39, 0.29) is 36.3 Å². The monoisotopic (exact) mass is 477 g/mol. The number of piperazine rings is 1. The molecule has 0 N–H and O–H groups in total. The Morgan fingerprint density at radius 1 is 1.00 bits per heavy atom. The van der Waals surface area contributed by atoms with E-state index in [2.05, 4.69) is 4.98 Å². The minimum Gasteiger partial charge on any atom is -0.337 e. The van der Waals surface area contributed by atoms with E-state index in [1.807, 2.05) is 12.1 Å². The topological polar surface area (TPSA) is 70.6 Å². The first-order chi connectivity index (χ1) is 14.4. The molecule has 3 aromatic rings. The Kier molecular flexibility index (Phi) is 7.33. The molecule has 6 nitrogen and oxygen atoms in total. The predicted molar refractivity (Wildman–Crippen MR) is 125 cm³/mol. The Bertz CT molecular complexity index is 1210. The SMILES string of the molecule is Cl.O=C(C=Cc1cccnc1)N1CCN(S(=O)(=O)c2ccc3cc(Cl)ccc3c2)CC1. The van der Waals surface area contributed by atoms with Crippen LogP contribution in [0.4, 0.5) is 0 Å². The molecule has 0 aliphatic carbocycles. The van der Waals surface area contributed by atoms with Crippen molar-refractivity contribution in [2.45, 2.75) is 4.90 Å². The van der Waals surface area contributed by atoms with Crippen LogP contribution in [0.1, 0.15) is 5.56 Å². The number of nitrogens with zero attached hydrogens (tertiary/aromatic N) is 3. The highest BCUT2D eigenvalue weighted by molar-refractivity contribution is 7.89. The maximum atomic E-state index is 13.1. The second-order valence-corrected chi connectivity index (χ2v) is 9.38. The number of sulfonamides is 1. The van der Waals surface area contributed by atoms with Crippen molar-refractivity contribution in [2.75, 3.05) is 26.2 Å². The largest absolute Gasteiger partial charge is 0.337 e. The third-order valence-corrected chi connectivity index (χ3v) is 7.19. The van der Waals surface area contributed by atoms with Crippen LogP contribution in [0.3, 0.4) is 0 Å². The number of pyridine rings is 1. The second kappa shape index (κ2) is 9.78. The number of fused-ring (bicyclic) bond motifs is 1. The van der Waals surface area contributed by atoms with Gasteiger partial charge in [-0.05, 0) is 52.7 Å². The van der Waals surface area contributed by atoms with Crippen molar-refractivity contribution in [3.05, 3.63) is 77.6 Å². The zero-order valence-corrected chi connectivity index (χ0v) is 18.9. The highest BCUT2D eigenvalue weighted by Crippen LogP contribution is 2.25. The third kappa shape index (κ3) is 5.25. The first-order valence-electron chi connectivity index (χ1n) is 9.50. The highest BCUT2D eigenvalue weighted by Gasteiger charge is 2.29. The van der Waals surface area contributed by atoms with Gasteiger partial charge in [-0.2, -0.15) is 4.31 Å². The number of amides is 1. The number of carbonyl (C=O) groups is 1. The van der Waals surface area contributed by atoms with Crippen LogP contribution >= 0.6 is 24.0 Å². The van der Waals surface area contributed by atoms with E-state index in [4.69, 9.17) is 11.6 Å². The van der Waals surface area contributed by atoms with Crippen LogP contribution in [-0.2, 0) is 14.8 Å². The van der Waals surface area contributed by atoms with Gasteiger partial charge < -0.3 is 4.90 Å². The van der Waals surface area contributed by atoms with E-state index in [0.717, 1.165) is 16.3 Å². The molecule has 0 atom stereocenters. The smallest absolute Gasteiger partial charge is 0.246 e. The average Bonchev–Trinajstić information content (AvgIpc) is 2.77. The quantitative estimate of drug-likeness (QED) is 0.534. The summed E-state index contributed by atoms with van der Waals surface area (Å²) in [6.07, 6.45) is 6.55. The van der Waals surface area contributed by atoms with Crippen molar-refractivity contribution < 1.29 is 13.2 Å². The summed E-state index contributed by atoms with van der Waals surface area (Å²) in [7, 11) is -3.63. The zero-order chi connectivity index (χ0) is 21.1. The van der Waals surface area contributed by atoms with Crippen molar-refractivity contribution in [3.63, 3.8) is 0 Å². The lowest BCUT2D eigenvalue weighted by Gasteiger charge is -2.33. The van der Waals surface area contributed by atoms with Crippen molar-refractivity contribution >= 4 is 56.8 Å². The molecule has 9 heteroatoms. The summed E-state index contributed by atoms with van der Waals surface area (Å²) in [5, 5.41) is 2.31. The summed E-state index contributed by atoms with van der Waals surface area (Å²) < 4.78 is 27.6. The summed E-state index contributed by atoms with van der Waals surface area (Å²) >= 11 is 6.00. The maximum Gasteiger partial charge on any atom is 0.246 e. The lowest BCUT2D eigenvalue weighted by molar-refractivity contribution is -0.127. The van der Waals surface area contributed by atoms with E-state index < -0.39 is 10.0 Å². The lowest BCUT2D eigenvalue weighted by atomic mass is 10.1. The minimum absolute atomic E-state index is 0. The van der Waals surface area contributed by atoms with Crippen molar-refractivity contribution in [1.82, 2.24) is 14.2 Å². The zero-order valence-electron chi connectivity index (χ0n) is 16.5. The molecule has 1 aromatic heterocycles. The number of hydrogen-bond acceptors (Lipinski definition) is 4. The molecule has 0 unspecified atom stereocenters. The molecule has 4 rings (SSSR count). The van der Waals surface area contributed by atoms with Crippen LogP contribution in [0.15, 0.2) is 71.9 Å². The van der Waals surface area contributed by atoms with Crippen LogP contribution in [-0.4, -0.2) is 54.7 Å². The van der Waals surface area contributed by atoms with Crippen LogP contribution in [0.25, 0.3) is 16.8 Å². The molecule has 162 valence electrons. The lowest BCUT2D eigenvalue weighted by Crippen LogP contribution is -2.50. The summed E-state index contributed by atoms with van der Waals surface area (Å²) in [6, 6.07) is 14.0. The predicted octanol–water partition coefficient (Wildman–Crippen LogP) is 3.86. The van der Waals surface area contributed by atoms with Crippen LogP contribution in [0, 0.1) is 0 Å². The average molecular weight is 478 g/mol. The molecule has 0 bridgehead atoms. The summed E-state index contributed by atoms with van der Waals surface area (Å²) in [6.45, 7) is 1.21. The van der Waals surface area contributed by atoms with Gasteiger partial charge in [0.1, 0.15) is 0 Å². The van der Waals surface area contributed by atoms with Gasteiger partial charge in [-0.15, -0.1) is 12.4 Å². The molecule has 1 aliphatic heterocycles. The second-order valence-electron chi connectivity index (χ2n) is 7.00. The molecule has 1 aliphatic rings. The maximum absolute atomic E-state index is 13.1. The number of rotatable bonds is 4. The molecular formula is C22H21Cl2N3O3S. The van der Waals surface area contributed by atoms with Crippen molar-refractivity contribution in [3.8, 4) is 0 Å². The normalized spacial score (nSPS) is 15.2. The fourth-order valence-corrected chi connectivity index (χ4v) is 5.04. The fraction of sp³-hybridized carbons (Fsp3) is 0.182. The van der Waals surface area contributed by atoms with Gasteiger partial charge in [0.15, 0.2) is 0 Å². The Morgan fingerprint density at radius 2 is 1.71 bits per heavy atom. The van der Waals surface area contributed by atoms with Gasteiger partial charge in [0.25, 0.3) is 0 Å². The van der Waals surface area contributed by atoms with Gasteiger partial charge in [0.05, 0.1) is 4.90 Å². The van der Waals surface area contributed by atoms with E-state index in [9.17, 15) is 13.2 Å². The molecule has 1 amide bonds. The Balaban J connectivity index is 0.00000272. The number of hydrogen-bond donors (Lipinski definition) is 0. The van der Waals surface area contributed by atoms with Gasteiger partial charge in [-0.3, -0.25) is 9.78 Å². The van der Waals surface area contributed by atoms with Crippen molar-refractivity contribution in [2.24, 2.45) is 0 Å². The van der Waals surface area contributed by atoms with Crippen LogP contribution in [0.5, 0.6) is 0 Å². The summed E-state index contributed by atoms with van der Waals surface area (Å²) in [4.78, 5) is 18.3. The molecule has 0 saturated carbocycles. The number of carbonyl (C=O) groups excluding carboxylic acids is 1. The molecule has 31 heavy (non-hydrogen) atoms. The van der Waals surface area contributed by atoms with Crippen molar-refractivity contribution in [1.29, 1.82) is 0 Å². The molecular weight excluding hydrogens is 457 g/mol. The van der Waals surface area contributed by atoms with Gasteiger partial charge in [0.2, 0.25) is 15.9 Å². The standard InChI is InChI=1S/C22H20ClN3O3S.ClH/c23-20-6-4-19-15-21(7-5-18(19)14-20)30(28,29)26-12-10-25(11-13-26)22(27)8-3-17-2-1-9-24-16-17;/h1-9,14-16H,10-13H2;1H. The van der Waals surface area contributed by atoms with Gasteiger partial charge in [-0.25, -0.2) is 8.42 Å². The van der Waals surface area contributed by atoms with E-state index >= 15 is 0 Å². The highest BCUT2D eigenvalue weighted by atomic mass is 35.5.